The molecule has 3 aromatic rings. The summed E-state index contributed by atoms with van der Waals surface area (Å²) in [4.78, 5) is 19.6. The number of nitrogens with one attached hydrogen (secondary N) is 4. The minimum atomic E-state index is -0.592. The summed E-state index contributed by atoms with van der Waals surface area (Å²) >= 11 is 0. The second-order valence-corrected chi connectivity index (χ2v) is 8.14. The van der Waals surface area contributed by atoms with Crippen molar-refractivity contribution in [2.45, 2.75) is 19.4 Å². The standard InChI is InChI=1S/C23H25FN6O3/c1-23(2)13-33-19-8-7-15(10-18(19)30-23)27-21-17(24)11-26-22(29-21)28-14-5-4-6-16(9-14)32-12-20(31)25-3/h4-11,30H,12-13H2,1-3H3,(H,25,31)(H2,26,27,28,29). The van der Waals surface area contributed by atoms with E-state index in [2.05, 4.69) is 31.2 Å². The topological polar surface area (TPSA) is 109 Å². The lowest BCUT2D eigenvalue weighted by atomic mass is 10.0. The molecule has 0 aliphatic carbocycles. The lowest BCUT2D eigenvalue weighted by Gasteiger charge is -2.33. The van der Waals surface area contributed by atoms with Gasteiger partial charge in [-0.2, -0.15) is 4.98 Å². The Labute approximate surface area is 190 Å². The Kier molecular flexibility index (Phi) is 6.16. The number of anilines is 5. The normalized spacial score (nSPS) is 13.7. The molecule has 4 N–H and O–H groups in total. The van der Waals surface area contributed by atoms with Crippen LogP contribution in [0.25, 0.3) is 0 Å². The van der Waals surface area contributed by atoms with Crippen LogP contribution in [0.3, 0.4) is 0 Å². The van der Waals surface area contributed by atoms with Gasteiger partial charge in [0, 0.05) is 24.5 Å². The van der Waals surface area contributed by atoms with Crippen molar-refractivity contribution in [3.05, 3.63) is 54.5 Å². The zero-order chi connectivity index (χ0) is 23.4. The average molecular weight is 452 g/mol. The fourth-order valence-electron chi connectivity index (χ4n) is 3.16. The number of amides is 1. The maximum atomic E-state index is 14.4. The Bertz CT molecular complexity index is 1170. The first-order chi connectivity index (χ1) is 15.8. The van der Waals surface area contributed by atoms with Crippen LogP contribution in [0.5, 0.6) is 11.5 Å². The van der Waals surface area contributed by atoms with E-state index in [9.17, 15) is 9.18 Å². The lowest BCUT2D eigenvalue weighted by molar-refractivity contribution is -0.122. The minimum Gasteiger partial charge on any atom is -0.489 e. The van der Waals surface area contributed by atoms with Crippen molar-refractivity contribution in [2.75, 3.05) is 36.2 Å². The largest absolute Gasteiger partial charge is 0.489 e. The van der Waals surface area contributed by atoms with Gasteiger partial charge in [-0.15, -0.1) is 0 Å². The first kappa shape index (κ1) is 22.1. The Morgan fingerprint density at radius 2 is 2.03 bits per heavy atom. The molecule has 2 aromatic carbocycles. The molecule has 172 valence electrons. The van der Waals surface area contributed by atoms with Crippen LogP contribution in [0.2, 0.25) is 0 Å². The number of carbonyl (C=O) groups excluding carboxylic acids is 1. The highest BCUT2D eigenvalue weighted by Gasteiger charge is 2.25. The Balaban J connectivity index is 1.48. The number of halogens is 1. The van der Waals surface area contributed by atoms with Gasteiger partial charge in [0.25, 0.3) is 5.91 Å². The van der Waals surface area contributed by atoms with Crippen LogP contribution < -0.4 is 30.7 Å². The average Bonchev–Trinajstić information content (AvgIpc) is 2.79. The van der Waals surface area contributed by atoms with E-state index in [-0.39, 0.29) is 29.8 Å². The molecule has 10 heteroatoms. The van der Waals surface area contributed by atoms with Crippen molar-refractivity contribution in [1.29, 1.82) is 0 Å². The molecular weight excluding hydrogens is 427 g/mol. The van der Waals surface area contributed by atoms with Crippen LogP contribution in [0.1, 0.15) is 13.8 Å². The molecular formula is C23H25FN6O3. The molecule has 1 aromatic heterocycles. The second-order valence-electron chi connectivity index (χ2n) is 8.14. The first-order valence-electron chi connectivity index (χ1n) is 10.4. The molecule has 0 fully saturated rings. The summed E-state index contributed by atoms with van der Waals surface area (Å²) in [6, 6.07) is 12.4. The van der Waals surface area contributed by atoms with E-state index in [4.69, 9.17) is 9.47 Å². The third-order valence-electron chi connectivity index (χ3n) is 4.79. The zero-order valence-corrected chi connectivity index (χ0v) is 18.5. The quantitative estimate of drug-likeness (QED) is 0.429. The van der Waals surface area contributed by atoms with Crippen molar-refractivity contribution >= 4 is 34.7 Å². The van der Waals surface area contributed by atoms with Gasteiger partial charge in [-0.25, -0.2) is 9.37 Å². The molecule has 0 atom stereocenters. The van der Waals surface area contributed by atoms with Gasteiger partial charge >= 0.3 is 0 Å². The Hall–Kier alpha value is -4.08. The van der Waals surface area contributed by atoms with E-state index in [0.717, 1.165) is 17.6 Å². The summed E-state index contributed by atoms with van der Waals surface area (Å²) < 4.78 is 25.6. The molecule has 9 nitrogen and oxygen atoms in total. The van der Waals surface area contributed by atoms with E-state index < -0.39 is 5.82 Å². The van der Waals surface area contributed by atoms with Gasteiger partial charge in [0.05, 0.1) is 17.4 Å². The summed E-state index contributed by atoms with van der Waals surface area (Å²) in [5, 5.41) is 11.9. The number of benzene rings is 2. The zero-order valence-electron chi connectivity index (χ0n) is 18.5. The van der Waals surface area contributed by atoms with E-state index in [1.54, 1.807) is 30.3 Å². The van der Waals surface area contributed by atoms with Crippen LogP contribution in [0, 0.1) is 5.82 Å². The van der Waals surface area contributed by atoms with Gasteiger partial charge in [0.2, 0.25) is 5.95 Å². The number of likely N-dealkylation sites (N-methyl/N-ethyl adjacent to an activating group) is 1. The third-order valence-corrected chi connectivity index (χ3v) is 4.79. The van der Waals surface area contributed by atoms with Crippen molar-refractivity contribution in [2.24, 2.45) is 0 Å². The predicted octanol–water partition coefficient (Wildman–Crippen LogP) is 3.81. The van der Waals surface area contributed by atoms with Crippen LogP contribution in [0.15, 0.2) is 48.7 Å². The maximum absolute atomic E-state index is 14.4. The number of hydrogen-bond acceptors (Lipinski definition) is 8. The van der Waals surface area contributed by atoms with Crippen molar-refractivity contribution in [3.63, 3.8) is 0 Å². The van der Waals surface area contributed by atoms with Gasteiger partial charge in [0.1, 0.15) is 18.1 Å². The maximum Gasteiger partial charge on any atom is 0.257 e. The second kappa shape index (κ2) is 9.19. The SMILES string of the molecule is CNC(=O)COc1cccc(Nc2ncc(F)c(Nc3ccc4c(c3)NC(C)(C)CO4)n2)c1. The smallest absolute Gasteiger partial charge is 0.257 e. The number of rotatable bonds is 7. The van der Waals surface area contributed by atoms with Crippen molar-refractivity contribution in [1.82, 2.24) is 15.3 Å². The number of nitrogens with zero attached hydrogens (tertiary/aromatic N) is 2. The fraction of sp³-hybridized carbons (Fsp3) is 0.261. The highest BCUT2D eigenvalue weighted by Crippen LogP contribution is 2.35. The summed E-state index contributed by atoms with van der Waals surface area (Å²) in [6.07, 6.45) is 1.09. The molecule has 1 aliphatic rings. The van der Waals surface area contributed by atoms with Crippen LogP contribution in [0.4, 0.5) is 33.2 Å². The van der Waals surface area contributed by atoms with Crippen molar-refractivity contribution < 1.29 is 18.7 Å². The Morgan fingerprint density at radius 3 is 2.85 bits per heavy atom. The molecule has 1 aliphatic heterocycles. The third kappa shape index (κ3) is 5.59. The monoisotopic (exact) mass is 452 g/mol. The molecule has 33 heavy (non-hydrogen) atoms. The molecule has 0 radical (unpaired) electrons. The number of hydrogen-bond donors (Lipinski definition) is 4. The van der Waals surface area contributed by atoms with Gasteiger partial charge < -0.3 is 30.7 Å². The van der Waals surface area contributed by atoms with E-state index in [1.807, 2.05) is 26.0 Å². The Morgan fingerprint density at radius 1 is 1.21 bits per heavy atom. The van der Waals surface area contributed by atoms with Crippen LogP contribution in [-0.4, -0.2) is 41.7 Å². The molecule has 1 amide bonds. The summed E-state index contributed by atoms with van der Waals surface area (Å²) in [5.74, 6) is 0.627. The van der Waals surface area contributed by atoms with E-state index in [0.29, 0.717) is 23.7 Å². The molecule has 0 bridgehead atoms. The number of fused-ring (bicyclic) bond motifs is 1. The molecule has 0 unspecified atom stereocenters. The predicted molar refractivity (Wildman–Crippen MR) is 124 cm³/mol. The van der Waals surface area contributed by atoms with Gasteiger partial charge in [0.15, 0.2) is 18.2 Å². The summed E-state index contributed by atoms with van der Waals surface area (Å²) in [7, 11) is 1.54. The van der Waals surface area contributed by atoms with Crippen molar-refractivity contribution in [3.8, 4) is 11.5 Å². The highest BCUT2D eigenvalue weighted by molar-refractivity contribution is 5.77. The molecule has 0 spiro atoms. The summed E-state index contributed by atoms with van der Waals surface area (Å²) in [5.41, 5.74) is 1.88. The van der Waals surface area contributed by atoms with Crippen LogP contribution in [-0.2, 0) is 4.79 Å². The molecule has 4 rings (SSSR count). The molecule has 2 heterocycles. The number of aromatic nitrogens is 2. The van der Waals surface area contributed by atoms with Crippen LogP contribution >= 0.6 is 0 Å². The first-order valence-corrected chi connectivity index (χ1v) is 10.4. The van der Waals surface area contributed by atoms with Gasteiger partial charge in [-0.05, 0) is 44.2 Å². The highest BCUT2D eigenvalue weighted by atomic mass is 19.1. The number of carbonyl (C=O) groups is 1. The van der Waals surface area contributed by atoms with Gasteiger partial charge in [-0.1, -0.05) is 6.07 Å². The van der Waals surface area contributed by atoms with Gasteiger partial charge in [-0.3, -0.25) is 4.79 Å². The summed E-state index contributed by atoms with van der Waals surface area (Å²) in [6.45, 7) is 4.53. The fourth-order valence-corrected chi connectivity index (χ4v) is 3.16. The van der Waals surface area contributed by atoms with E-state index in [1.165, 1.54) is 7.05 Å². The van der Waals surface area contributed by atoms with E-state index >= 15 is 0 Å². The molecule has 0 saturated carbocycles. The lowest BCUT2D eigenvalue weighted by Crippen LogP contribution is -2.40. The molecule has 0 saturated heterocycles. The number of ether oxygens (including phenoxy) is 2. The minimum absolute atomic E-state index is 0.0236.